The number of carbonyl (C=O) groups excluding carboxylic acids is 1. The maximum Gasteiger partial charge on any atom is 0.250 e. The Morgan fingerprint density at radius 3 is 2.88 bits per heavy atom. The van der Waals surface area contributed by atoms with Crippen LogP contribution in [0.2, 0.25) is 5.02 Å². The van der Waals surface area contributed by atoms with E-state index in [0.717, 1.165) is 15.6 Å². The average molecular weight is 457 g/mol. The number of nitrogens with zero attached hydrogens (tertiary/aromatic N) is 2. The van der Waals surface area contributed by atoms with Crippen LogP contribution in [0.1, 0.15) is 5.76 Å². The molecule has 0 atom stereocenters. The van der Waals surface area contributed by atoms with E-state index in [1.807, 2.05) is 29.6 Å². The van der Waals surface area contributed by atoms with Crippen LogP contribution < -0.4 is 5.43 Å². The fourth-order valence-corrected chi connectivity index (χ4v) is 3.87. The van der Waals surface area contributed by atoms with Crippen molar-refractivity contribution < 1.29 is 9.21 Å². The van der Waals surface area contributed by atoms with Gasteiger partial charge in [-0.15, -0.1) is 11.3 Å². The van der Waals surface area contributed by atoms with Crippen molar-refractivity contribution in [1.82, 2.24) is 10.4 Å². The van der Waals surface area contributed by atoms with Crippen LogP contribution in [0.5, 0.6) is 0 Å². The minimum atomic E-state index is -0.213. The van der Waals surface area contributed by atoms with E-state index in [2.05, 4.69) is 31.4 Å². The van der Waals surface area contributed by atoms with Crippen LogP contribution in [0.15, 0.2) is 60.3 Å². The summed E-state index contributed by atoms with van der Waals surface area (Å²) in [5.41, 5.74) is 4.31. The number of rotatable bonds is 6. The SMILES string of the molecule is O=C(CSc1nc(-c2ccc(Cl)cc2)cs1)N/N=C/c1ccc(Br)o1. The van der Waals surface area contributed by atoms with Crippen LogP contribution >= 0.6 is 50.6 Å². The molecule has 0 unspecified atom stereocenters. The van der Waals surface area contributed by atoms with Crippen LogP contribution in [-0.4, -0.2) is 22.9 Å². The molecule has 2 heterocycles. The lowest BCUT2D eigenvalue weighted by molar-refractivity contribution is -0.118. The monoisotopic (exact) mass is 455 g/mol. The van der Waals surface area contributed by atoms with Crippen molar-refractivity contribution in [3.8, 4) is 11.3 Å². The van der Waals surface area contributed by atoms with Crippen molar-refractivity contribution in [2.45, 2.75) is 4.34 Å². The van der Waals surface area contributed by atoms with E-state index < -0.39 is 0 Å². The van der Waals surface area contributed by atoms with Gasteiger partial charge in [0.1, 0.15) is 5.76 Å². The number of carbonyl (C=O) groups is 1. The zero-order valence-electron chi connectivity index (χ0n) is 12.6. The van der Waals surface area contributed by atoms with E-state index in [1.165, 1.54) is 29.3 Å². The van der Waals surface area contributed by atoms with Gasteiger partial charge < -0.3 is 4.42 Å². The number of aromatic nitrogens is 1. The fraction of sp³-hybridized carbons (Fsp3) is 0.0625. The topological polar surface area (TPSA) is 67.5 Å². The highest BCUT2D eigenvalue weighted by Crippen LogP contribution is 2.28. The molecule has 128 valence electrons. The lowest BCUT2D eigenvalue weighted by Gasteiger charge is -1.98. The Morgan fingerprint density at radius 1 is 1.36 bits per heavy atom. The van der Waals surface area contributed by atoms with Crippen molar-refractivity contribution in [2.24, 2.45) is 5.10 Å². The quantitative estimate of drug-likeness (QED) is 0.320. The minimum Gasteiger partial charge on any atom is -0.448 e. The predicted octanol–water partition coefficient (Wildman–Crippen LogP) is 5.06. The summed E-state index contributed by atoms with van der Waals surface area (Å²) in [6, 6.07) is 11.0. The number of benzene rings is 1. The van der Waals surface area contributed by atoms with Crippen molar-refractivity contribution in [1.29, 1.82) is 0 Å². The lowest BCUT2D eigenvalue weighted by Crippen LogP contribution is -2.19. The molecule has 0 aliphatic rings. The number of nitrogens with one attached hydrogen (secondary N) is 1. The first-order valence-corrected chi connectivity index (χ1v) is 10.1. The standard InChI is InChI=1S/C16H11BrClN3O2S2/c17-14-6-5-12(23-14)7-19-21-15(22)9-25-16-20-13(8-24-16)10-1-3-11(18)4-2-10/h1-8H,9H2,(H,21,22)/b19-7+. The number of furan rings is 1. The molecule has 0 spiro atoms. The predicted molar refractivity (Wildman–Crippen MR) is 105 cm³/mol. The molecule has 0 saturated heterocycles. The molecule has 9 heteroatoms. The number of thioether (sulfide) groups is 1. The van der Waals surface area contributed by atoms with Gasteiger partial charge in [0.15, 0.2) is 9.01 Å². The second kappa shape index (κ2) is 8.66. The van der Waals surface area contributed by atoms with E-state index in [4.69, 9.17) is 16.0 Å². The van der Waals surface area contributed by atoms with Crippen LogP contribution in [0.3, 0.4) is 0 Å². The van der Waals surface area contributed by atoms with Gasteiger partial charge in [-0.25, -0.2) is 10.4 Å². The first-order chi connectivity index (χ1) is 12.1. The molecule has 0 bridgehead atoms. The van der Waals surface area contributed by atoms with E-state index >= 15 is 0 Å². The summed E-state index contributed by atoms with van der Waals surface area (Å²) in [6.07, 6.45) is 1.44. The number of hydrogen-bond acceptors (Lipinski definition) is 6. The van der Waals surface area contributed by atoms with Gasteiger partial charge in [-0.2, -0.15) is 5.10 Å². The minimum absolute atomic E-state index is 0.213. The average Bonchev–Trinajstić information content (AvgIpc) is 3.23. The summed E-state index contributed by atoms with van der Waals surface area (Å²) >= 11 is 11.9. The molecule has 0 radical (unpaired) electrons. The van der Waals surface area contributed by atoms with E-state index in [-0.39, 0.29) is 11.7 Å². The Balaban J connectivity index is 1.49. The fourth-order valence-electron chi connectivity index (χ4n) is 1.80. The summed E-state index contributed by atoms with van der Waals surface area (Å²) in [4.78, 5) is 16.3. The van der Waals surface area contributed by atoms with Crippen LogP contribution in [0.25, 0.3) is 11.3 Å². The molecule has 3 aromatic rings. The third-order valence-corrected chi connectivity index (χ3v) is 5.62. The molecule has 2 aromatic heterocycles. The number of hydrazone groups is 1. The molecular weight excluding hydrogens is 446 g/mol. The van der Waals surface area contributed by atoms with Gasteiger partial charge in [0.05, 0.1) is 17.7 Å². The van der Waals surface area contributed by atoms with Crippen molar-refractivity contribution in [2.75, 3.05) is 5.75 Å². The highest BCUT2D eigenvalue weighted by atomic mass is 79.9. The largest absolute Gasteiger partial charge is 0.448 e. The molecule has 0 aliphatic heterocycles. The Morgan fingerprint density at radius 2 is 2.16 bits per heavy atom. The van der Waals surface area contributed by atoms with Gasteiger partial charge in [0.25, 0.3) is 5.91 Å². The van der Waals surface area contributed by atoms with E-state index in [9.17, 15) is 4.79 Å². The Kier molecular flexibility index (Phi) is 6.30. The van der Waals surface area contributed by atoms with Gasteiger partial charge in [-0.1, -0.05) is 35.5 Å². The molecule has 1 amide bonds. The molecular formula is C16H11BrClN3O2S2. The number of hydrogen-bond donors (Lipinski definition) is 1. The molecule has 1 N–H and O–H groups in total. The van der Waals surface area contributed by atoms with E-state index in [1.54, 1.807) is 12.1 Å². The highest BCUT2D eigenvalue weighted by molar-refractivity contribution is 9.10. The summed E-state index contributed by atoms with van der Waals surface area (Å²) in [5.74, 6) is 0.565. The van der Waals surface area contributed by atoms with Gasteiger partial charge >= 0.3 is 0 Å². The molecule has 0 aliphatic carbocycles. The number of halogens is 2. The maximum absolute atomic E-state index is 11.8. The van der Waals surface area contributed by atoms with E-state index in [0.29, 0.717) is 15.5 Å². The second-order valence-corrected chi connectivity index (χ2v) is 8.03. The third-order valence-electron chi connectivity index (χ3n) is 2.92. The number of amides is 1. The van der Waals surface area contributed by atoms with Gasteiger partial charge in [0.2, 0.25) is 0 Å². The number of thiazole rings is 1. The van der Waals surface area contributed by atoms with Crippen LogP contribution in [0, 0.1) is 0 Å². The van der Waals surface area contributed by atoms with Gasteiger partial charge in [0, 0.05) is 16.0 Å². The second-order valence-electron chi connectivity index (χ2n) is 4.73. The first kappa shape index (κ1) is 18.2. The molecule has 3 rings (SSSR count). The lowest BCUT2D eigenvalue weighted by atomic mass is 10.2. The van der Waals surface area contributed by atoms with Crippen molar-refractivity contribution >= 4 is 62.8 Å². The summed E-state index contributed by atoms with van der Waals surface area (Å²) in [5, 5.41) is 6.49. The Labute approximate surface area is 165 Å². The third kappa shape index (κ3) is 5.43. The smallest absolute Gasteiger partial charge is 0.250 e. The molecule has 5 nitrogen and oxygen atoms in total. The van der Waals surface area contributed by atoms with Gasteiger partial charge in [-0.3, -0.25) is 4.79 Å². The molecule has 25 heavy (non-hydrogen) atoms. The summed E-state index contributed by atoms with van der Waals surface area (Å²) in [7, 11) is 0. The normalized spacial score (nSPS) is 11.1. The van der Waals surface area contributed by atoms with Crippen LogP contribution in [0.4, 0.5) is 0 Å². The maximum atomic E-state index is 11.8. The Bertz CT molecular complexity index is 893. The zero-order chi connectivity index (χ0) is 17.6. The van der Waals surface area contributed by atoms with Crippen molar-refractivity contribution in [3.63, 3.8) is 0 Å². The van der Waals surface area contributed by atoms with Crippen LogP contribution in [-0.2, 0) is 4.79 Å². The summed E-state index contributed by atoms with van der Waals surface area (Å²) < 4.78 is 6.67. The summed E-state index contributed by atoms with van der Waals surface area (Å²) in [6.45, 7) is 0. The van der Waals surface area contributed by atoms with Crippen molar-refractivity contribution in [3.05, 3.63) is 57.2 Å². The van der Waals surface area contributed by atoms with Gasteiger partial charge in [-0.05, 0) is 40.2 Å². The Hall–Kier alpha value is -1.61. The molecule has 0 fully saturated rings. The first-order valence-electron chi connectivity index (χ1n) is 7.01. The highest BCUT2D eigenvalue weighted by Gasteiger charge is 2.08. The molecule has 0 saturated carbocycles. The zero-order valence-corrected chi connectivity index (χ0v) is 16.6. The molecule has 1 aromatic carbocycles.